The summed E-state index contributed by atoms with van der Waals surface area (Å²) < 4.78 is 46.4. The summed E-state index contributed by atoms with van der Waals surface area (Å²) >= 11 is 0. The molecule has 0 aliphatic carbocycles. The normalized spacial score (nSPS) is 15.0. The average Bonchev–Trinajstić information content (AvgIpc) is 3.28. The van der Waals surface area contributed by atoms with Gasteiger partial charge in [-0.25, -0.2) is 13.2 Å². The lowest BCUT2D eigenvalue weighted by Crippen LogP contribution is -2.37. The third-order valence-electron chi connectivity index (χ3n) is 5.33. The van der Waals surface area contributed by atoms with Crippen LogP contribution in [0, 0.1) is 17.5 Å². The number of carbonyl (C=O) groups excluding carboxylic acids is 1. The second kappa shape index (κ2) is 9.77. The summed E-state index contributed by atoms with van der Waals surface area (Å²) in [6, 6.07) is 15.6. The van der Waals surface area contributed by atoms with E-state index in [1.165, 1.54) is 35.2 Å². The van der Waals surface area contributed by atoms with Crippen molar-refractivity contribution in [1.82, 2.24) is 4.90 Å². The van der Waals surface area contributed by atoms with Crippen molar-refractivity contribution in [3.05, 3.63) is 101 Å². The Labute approximate surface area is 189 Å². The van der Waals surface area contributed by atoms with E-state index in [4.69, 9.17) is 9.57 Å². The Morgan fingerprint density at radius 1 is 1.06 bits per heavy atom. The molecular weight excluding hydrogens is 433 g/mol. The third kappa shape index (κ3) is 5.16. The van der Waals surface area contributed by atoms with Gasteiger partial charge >= 0.3 is 0 Å². The van der Waals surface area contributed by atoms with E-state index in [0.717, 1.165) is 17.7 Å². The Balaban J connectivity index is 1.55. The highest BCUT2D eigenvalue weighted by atomic mass is 19.1. The molecule has 1 aliphatic rings. The molecule has 0 bridgehead atoms. The minimum Gasteiger partial charge on any atom is -0.496 e. The van der Waals surface area contributed by atoms with Gasteiger partial charge in [-0.3, -0.25) is 4.79 Å². The van der Waals surface area contributed by atoms with Gasteiger partial charge in [0.15, 0.2) is 6.10 Å². The number of ether oxygens (including phenoxy) is 1. The number of para-hydroxylation sites is 1. The summed E-state index contributed by atoms with van der Waals surface area (Å²) in [5.74, 6) is -1.73. The number of rotatable bonds is 7. The molecule has 0 saturated carbocycles. The fraction of sp³-hybridized carbons (Fsp3) is 0.200. The van der Waals surface area contributed by atoms with Crippen LogP contribution in [0.4, 0.5) is 13.2 Å². The Hall–Kier alpha value is -3.81. The summed E-state index contributed by atoms with van der Waals surface area (Å²) in [4.78, 5) is 20.1. The molecule has 3 aromatic carbocycles. The lowest BCUT2D eigenvalue weighted by molar-refractivity contribution is 0.0403. The minimum absolute atomic E-state index is 0.0924. The van der Waals surface area contributed by atoms with Crippen molar-refractivity contribution in [2.24, 2.45) is 5.16 Å². The summed E-state index contributed by atoms with van der Waals surface area (Å²) in [5, 5.41) is 4.15. The minimum atomic E-state index is -0.759. The van der Waals surface area contributed by atoms with Crippen LogP contribution in [0.2, 0.25) is 0 Å². The molecule has 0 saturated heterocycles. The van der Waals surface area contributed by atoms with Gasteiger partial charge in [0.05, 0.1) is 19.4 Å². The van der Waals surface area contributed by atoms with E-state index in [2.05, 4.69) is 5.16 Å². The maximum absolute atomic E-state index is 14.3. The predicted octanol–water partition coefficient (Wildman–Crippen LogP) is 4.95. The fourth-order valence-corrected chi connectivity index (χ4v) is 3.66. The van der Waals surface area contributed by atoms with E-state index >= 15 is 0 Å². The largest absolute Gasteiger partial charge is 0.496 e. The second-order valence-corrected chi connectivity index (χ2v) is 7.60. The highest BCUT2D eigenvalue weighted by Crippen LogP contribution is 2.26. The molecule has 0 radical (unpaired) electrons. The molecule has 0 spiro atoms. The van der Waals surface area contributed by atoms with Gasteiger partial charge in [-0.1, -0.05) is 23.4 Å². The lowest BCUT2D eigenvalue weighted by Gasteiger charge is -2.25. The van der Waals surface area contributed by atoms with Crippen molar-refractivity contribution in [1.29, 1.82) is 0 Å². The van der Waals surface area contributed by atoms with E-state index < -0.39 is 29.5 Å². The highest BCUT2D eigenvalue weighted by molar-refractivity contribution is 6.03. The van der Waals surface area contributed by atoms with Crippen LogP contribution >= 0.6 is 0 Å². The molecule has 170 valence electrons. The number of nitrogens with zero attached hydrogens (tertiary/aromatic N) is 2. The molecule has 0 fully saturated rings. The van der Waals surface area contributed by atoms with Crippen LogP contribution in [0.3, 0.4) is 0 Å². The van der Waals surface area contributed by atoms with Crippen molar-refractivity contribution in [2.45, 2.75) is 19.1 Å². The summed E-state index contributed by atoms with van der Waals surface area (Å²) in [6.45, 7) is -0.0264. The molecule has 1 amide bonds. The maximum Gasteiger partial charge on any atom is 0.254 e. The predicted molar refractivity (Wildman–Crippen MR) is 117 cm³/mol. The summed E-state index contributed by atoms with van der Waals surface area (Å²) in [5.41, 5.74) is 1.83. The zero-order valence-electron chi connectivity index (χ0n) is 17.8. The van der Waals surface area contributed by atoms with Gasteiger partial charge in [-0.05, 0) is 42.5 Å². The average molecular weight is 454 g/mol. The van der Waals surface area contributed by atoms with Crippen LogP contribution in [0.5, 0.6) is 5.75 Å². The van der Waals surface area contributed by atoms with Gasteiger partial charge < -0.3 is 14.5 Å². The third-order valence-corrected chi connectivity index (χ3v) is 5.33. The zero-order chi connectivity index (χ0) is 23.4. The van der Waals surface area contributed by atoms with Crippen LogP contribution in [0.15, 0.2) is 71.9 Å². The first-order valence-electron chi connectivity index (χ1n) is 10.3. The maximum atomic E-state index is 14.3. The van der Waals surface area contributed by atoms with Gasteiger partial charge in [0.2, 0.25) is 0 Å². The molecule has 8 heteroatoms. The first-order chi connectivity index (χ1) is 15.9. The molecular formula is C25H21F3N2O3. The van der Waals surface area contributed by atoms with Crippen molar-refractivity contribution in [3.63, 3.8) is 0 Å². The summed E-state index contributed by atoms with van der Waals surface area (Å²) in [7, 11) is 1.56. The van der Waals surface area contributed by atoms with Crippen molar-refractivity contribution in [3.8, 4) is 5.75 Å². The molecule has 1 atom stereocenters. The van der Waals surface area contributed by atoms with Crippen LogP contribution in [-0.2, 0) is 11.4 Å². The molecule has 5 nitrogen and oxygen atoms in total. The number of oxime groups is 1. The SMILES string of the molecule is COc1ccccc1C1=NO[C@H](CN(Cc2ccc(F)cc2F)C(=O)c2ccc(F)cc2)C1. The molecule has 3 aromatic rings. The van der Waals surface area contributed by atoms with E-state index in [0.29, 0.717) is 17.9 Å². The first kappa shape index (κ1) is 22.4. The van der Waals surface area contributed by atoms with Gasteiger partial charge in [-0.15, -0.1) is 0 Å². The molecule has 1 heterocycles. The standard InChI is InChI=1S/C25H21F3N2O3/c1-32-24-5-3-2-4-21(24)23-13-20(33-29-23)15-30(14-17-8-11-19(27)12-22(17)28)25(31)16-6-9-18(26)10-7-16/h2-12,20H,13-15H2,1H3/t20-/m0/s1. The quantitative estimate of drug-likeness (QED) is 0.508. The van der Waals surface area contributed by atoms with E-state index in [1.54, 1.807) is 7.11 Å². The number of amides is 1. The zero-order valence-corrected chi connectivity index (χ0v) is 17.8. The van der Waals surface area contributed by atoms with Gasteiger partial charge in [0.25, 0.3) is 5.91 Å². The smallest absolute Gasteiger partial charge is 0.254 e. The highest BCUT2D eigenvalue weighted by Gasteiger charge is 2.29. The van der Waals surface area contributed by atoms with Crippen molar-refractivity contribution >= 4 is 11.6 Å². The molecule has 0 aromatic heterocycles. The second-order valence-electron chi connectivity index (χ2n) is 7.60. The van der Waals surface area contributed by atoms with Crippen LogP contribution in [0.25, 0.3) is 0 Å². The van der Waals surface area contributed by atoms with Crippen molar-refractivity contribution in [2.75, 3.05) is 13.7 Å². The van der Waals surface area contributed by atoms with E-state index in [-0.39, 0.29) is 24.2 Å². The van der Waals surface area contributed by atoms with E-state index in [9.17, 15) is 18.0 Å². The number of carbonyl (C=O) groups is 1. The molecule has 33 heavy (non-hydrogen) atoms. The number of hydrogen-bond acceptors (Lipinski definition) is 4. The molecule has 0 N–H and O–H groups in total. The number of hydrogen-bond donors (Lipinski definition) is 0. The van der Waals surface area contributed by atoms with Gasteiger partial charge in [0.1, 0.15) is 23.2 Å². The van der Waals surface area contributed by atoms with Gasteiger partial charge in [-0.2, -0.15) is 0 Å². The number of halogens is 3. The first-order valence-corrected chi connectivity index (χ1v) is 10.3. The van der Waals surface area contributed by atoms with Crippen LogP contribution in [0.1, 0.15) is 27.9 Å². The lowest BCUT2D eigenvalue weighted by atomic mass is 10.0. The van der Waals surface area contributed by atoms with E-state index in [1.807, 2.05) is 24.3 Å². The van der Waals surface area contributed by atoms with Crippen LogP contribution < -0.4 is 4.74 Å². The Kier molecular flexibility index (Phi) is 6.63. The monoisotopic (exact) mass is 454 g/mol. The molecule has 1 aliphatic heterocycles. The molecule has 4 rings (SSSR count). The van der Waals surface area contributed by atoms with Gasteiger partial charge in [0, 0.05) is 35.7 Å². The Morgan fingerprint density at radius 2 is 1.79 bits per heavy atom. The topological polar surface area (TPSA) is 51.1 Å². The summed E-state index contributed by atoms with van der Waals surface area (Å²) in [6.07, 6.45) is -0.0859. The molecule has 0 unspecified atom stereocenters. The fourth-order valence-electron chi connectivity index (χ4n) is 3.66. The van der Waals surface area contributed by atoms with Crippen molar-refractivity contribution < 1.29 is 27.5 Å². The number of methoxy groups -OCH3 is 1. The van der Waals surface area contributed by atoms with Crippen LogP contribution in [-0.4, -0.2) is 36.3 Å². The Bertz CT molecular complexity index is 1180. The number of benzene rings is 3. The Morgan fingerprint density at radius 3 is 2.52 bits per heavy atom.